The number of carboxylic acids is 1. The molecule has 1 aliphatic rings. The second-order valence-electron chi connectivity index (χ2n) is 5.85. The molecule has 1 aromatic carbocycles. The van der Waals surface area contributed by atoms with E-state index in [9.17, 15) is 23.1 Å². The smallest absolute Gasteiger partial charge is 0.417 e. The van der Waals surface area contributed by atoms with Crippen LogP contribution in [0.1, 0.15) is 22.8 Å². The Hall–Kier alpha value is -2.13. The van der Waals surface area contributed by atoms with Crippen molar-refractivity contribution in [3.63, 3.8) is 0 Å². The summed E-state index contributed by atoms with van der Waals surface area (Å²) in [6.07, 6.45) is -4.57. The predicted molar refractivity (Wildman–Crippen MR) is 81.9 cm³/mol. The Morgan fingerprint density at radius 3 is 2.76 bits per heavy atom. The van der Waals surface area contributed by atoms with Crippen LogP contribution in [0, 0.1) is 6.92 Å². The van der Waals surface area contributed by atoms with Crippen molar-refractivity contribution in [3.05, 3.63) is 46.0 Å². The topological polar surface area (TPSA) is 71.2 Å². The van der Waals surface area contributed by atoms with Gasteiger partial charge in [-0.1, -0.05) is 17.7 Å². The van der Waals surface area contributed by atoms with E-state index in [1.165, 1.54) is 12.1 Å². The molecule has 0 saturated heterocycles. The number of halogens is 4. The Morgan fingerprint density at radius 2 is 2.12 bits per heavy atom. The highest BCUT2D eigenvalue weighted by Crippen LogP contribution is 2.35. The molecule has 10 heteroatoms. The van der Waals surface area contributed by atoms with Gasteiger partial charge >= 0.3 is 12.1 Å². The number of hydrogen-bond donors (Lipinski definition) is 1. The number of aliphatic carboxylic acids is 1. The zero-order valence-corrected chi connectivity index (χ0v) is 13.8. The maximum atomic E-state index is 13.0. The Balaban J connectivity index is 1.90. The molecule has 1 unspecified atom stereocenters. The molecule has 1 aromatic heterocycles. The second-order valence-corrected chi connectivity index (χ2v) is 6.25. The van der Waals surface area contributed by atoms with Crippen molar-refractivity contribution < 1.29 is 23.1 Å². The number of aryl methyl sites for hydroxylation is 1. The van der Waals surface area contributed by atoms with Gasteiger partial charge in [0.2, 0.25) is 0 Å². The Kier molecular flexibility index (Phi) is 4.46. The molecule has 1 N–H and O–H groups in total. The average Bonchev–Trinajstić information content (AvgIpc) is 2.88. The van der Waals surface area contributed by atoms with Crippen molar-refractivity contribution in [1.82, 2.24) is 19.7 Å². The molecule has 3 rings (SSSR count). The lowest BCUT2D eigenvalue weighted by atomic mass is 10.1. The number of nitrogens with zero attached hydrogens (tertiary/aromatic N) is 4. The van der Waals surface area contributed by atoms with Crippen LogP contribution >= 0.6 is 11.6 Å². The van der Waals surface area contributed by atoms with Gasteiger partial charge in [0.05, 0.1) is 23.7 Å². The summed E-state index contributed by atoms with van der Waals surface area (Å²) in [7, 11) is 0. The summed E-state index contributed by atoms with van der Waals surface area (Å²) >= 11 is 5.62. The zero-order valence-electron chi connectivity index (χ0n) is 13.1. The molecule has 0 aliphatic carbocycles. The normalized spacial score (nSPS) is 18.2. The minimum Gasteiger partial charge on any atom is -0.480 e. The lowest BCUT2D eigenvalue weighted by molar-refractivity contribution is -0.145. The van der Waals surface area contributed by atoms with Gasteiger partial charge in [-0.25, -0.2) is 0 Å². The molecule has 0 saturated carbocycles. The molecule has 0 bridgehead atoms. The van der Waals surface area contributed by atoms with Crippen LogP contribution in [0.3, 0.4) is 0 Å². The second kappa shape index (κ2) is 6.30. The van der Waals surface area contributed by atoms with E-state index in [2.05, 4.69) is 10.2 Å². The minimum absolute atomic E-state index is 0.0309. The van der Waals surface area contributed by atoms with Crippen LogP contribution in [0.25, 0.3) is 0 Å². The third kappa shape index (κ3) is 3.47. The first-order valence-electron chi connectivity index (χ1n) is 7.38. The molecular weight excluding hydrogens is 361 g/mol. The number of alkyl halides is 3. The average molecular weight is 375 g/mol. The third-order valence-corrected chi connectivity index (χ3v) is 4.49. The molecule has 134 valence electrons. The van der Waals surface area contributed by atoms with Crippen LogP contribution in [0.2, 0.25) is 5.02 Å². The molecule has 2 aromatic rings. The summed E-state index contributed by atoms with van der Waals surface area (Å²) in [5, 5.41) is 17.0. The first kappa shape index (κ1) is 17.7. The Morgan fingerprint density at radius 1 is 1.40 bits per heavy atom. The number of rotatable bonds is 3. The summed E-state index contributed by atoms with van der Waals surface area (Å²) in [6, 6.07) is 2.70. The summed E-state index contributed by atoms with van der Waals surface area (Å²) in [4.78, 5) is 13.1. The summed E-state index contributed by atoms with van der Waals surface area (Å²) in [5.74, 6) is 0.135. The molecule has 0 radical (unpaired) electrons. The van der Waals surface area contributed by atoms with Gasteiger partial charge in [-0.2, -0.15) is 13.2 Å². The quantitative estimate of drug-likeness (QED) is 0.894. The standard InChI is InChI=1S/C15H14ClF3N4O2/c1-8-20-21-13-7-22(12(14(24)25)6-23(8)13)5-9-2-3-11(16)10(4-9)15(17,18)19/h2-4,12H,5-7H2,1H3,(H,24,25). The van der Waals surface area contributed by atoms with Gasteiger partial charge in [0, 0.05) is 6.54 Å². The van der Waals surface area contributed by atoms with E-state index in [1.807, 2.05) is 0 Å². The van der Waals surface area contributed by atoms with Crippen molar-refractivity contribution in [2.45, 2.75) is 38.8 Å². The van der Waals surface area contributed by atoms with E-state index in [-0.39, 0.29) is 24.7 Å². The van der Waals surface area contributed by atoms with Gasteiger partial charge in [0.15, 0.2) is 0 Å². The van der Waals surface area contributed by atoms with E-state index in [0.717, 1.165) is 6.07 Å². The van der Waals surface area contributed by atoms with Crippen LogP contribution in [0.15, 0.2) is 18.2 Å². The summed E-state index contributed by atoms with van der Waals surface area (Å²) in [5.41, 5.74) is -0.609. The maximum Gasteiger partial charge on any atom is 0.417 e. The number of aromatic nitrogens is 3. The van der Waals surface area contributed by atoms with Crippen LogP contribution in [-0.2, 0) is 30.6 Å². The minimum atomic E-state index is -4.57. The SMILES string of the molecule is Cc1nnc2n1CC(C(=O)O)N(Cc1ccc(Cl)c(C(F)(F)F)c1)C2. The molecule has 6 nitrogen and oxygen atoms in total. The highest BCUT2D eigenvalue weighted by Gasteiger charge is 2.35. The maximum absolute atomic E-state index is 13.0. The van der Waals surface area contributed by atoms with Crippen LogP contribution < -0.4 is 0 Å². The third-order valence-electron chi connectivity index (χ3n) is 4.16. The molecule has 0 amide bonds. The summed E-state index contributed by atoms with van der Waals surface area (Å²) < 4.78 is 40.7. The fourth-order valence-corrected chi connectivity index (χ4v) is 3.11. The predicted octanol–water partition coefficient (Wildman–Crippen LogP) is 2.73. The van der Waals surface area contributed by atoms with Gasteiger partial charge in [0.25, 0.3) is 0 Å². The molecule has 1 atom stereocenters. The first-order chi connectivity index (χ1) is 11.7. The number of hydrogen-bond acceptors (Lipinski definition) is 4. The number of carbonyl (C=O) groups is 1. The molecule has 0 fully saturated rings. The van der Waals surface area contributed by atoms with Crippen molar-refractivity contribution in [3.8, 4) is 0 Å². The Labute approximate surface area is 145 Å². The van der Waals surface area contributed by atoms with Gasteiger partial charge in [-0.3, -0.25) is 9.69 Å². The van der Waals surface area contributed by atoms with E-state index in [4.69, 9.17) is 11.6 Å². The highest BCUT2D eigenvalue weighted by atomic mass is 35.5. The van der Waals surface area contributed by atoms with Crippen molar-refractivity contribution in [2.24, 2.45) is 0 Å². The number of benzene rings is 1. The van der Waals surface area contributed by atoms with E-state index in [0.29, 0.717) is 17.2 Å². The van der Waals surface area contributed by atoms with Crippen molar-refractivity contribution in [2.75, 3.05) is 0 Å². The van der Waals surface area contributed by atoms with Gasteiger partial charge in [0.1, 0.15) is 17.7 Å². The molecule has 25 heavy (non-hydrogen) atoms. The number of carboxylic acid groups (broad SMARTS) is 1. The number of fused-ring (bicyclic) bond motifs is 1. The Bertz CT molecular complexity index is 822. The fraction of sp³-hybridized carbons (Fsp3) is 0.400. The summed E-state index contributed by atoms with van der Waals surface area (Å²) in [6.45, 7) is 2.08. The van der Waals surface area contributed by atoms with Crippen LogP contribution in [0.4, 0.5) is 13.2 Å². The van der Waals surface area contributed by atoms with E-state index in [1.54, 1.807) is 16.4 Å². The van der Waals surface area contributed by atoms with Gasteiger partial charge in [-0.15, -0.1) is 10.2 Å². The molecular formula is C15H14ClF3N4O2. The van der Waals surface area contributed by atoms with Crippen LogP contribution in [-0.4, -0.2) is 36.8 Å². The van der Waals surface area contributed by atoms with Gasteiger partial charge < -0.3 is 9.67 Å². The van der Waals surface area contributed by atoms with Gasteiger partial charge in [-0.05, 0) is 24.6 Å². The lowest BCUT2D eigenvalue weighted by Crippen LogP contribution is -2.47. The monoisotopic (exact) mass is 374 g/mol. The highest BCUT2D eigenvalue weighted by molar-refractivity contribution is 6.31. The molecule has 0 spiro atoms. The van der Waals surface area contributed by atoms with Crippen molar-refractivity contribution in [1.29, 1.82) is 0 Å². The van der Waals surface area contributed by atoms with Crippen molar-refractivity contribution >= 4 is 17.6 Å². The lowest BCUT2D eigenvalue weighted by Gasteiger charge is -2.33. The zero-order chi connectivity index (χ0) is 18.4. The molecule has 2 heterocycles. The van der Waals surface area contributed by atoms with E-state index >= 15 is 0 Å². The van der Waals surface area contributed by atoms with Crippen LogP contribution in [0.5, 0.6) is 0 Å². The van der Waals surface area contributed by atoms with E-state index < -0.39 is 23.8 Å². The molecule has 1 aliphatic heterocycles. The fourth-order valence-electron chi connectivity index (χ4n) is 2.88. The first-order valence-corrected chi connectivity index (χ1v) is 7.75. The largest absolute Gasteiger partial charge is 0.480 e.